The molecule has 1 amide bonds. The van der Waals surface area contributed by atoms with Gasteiger partial charge < -0.3 is 15.4 Å². The maximum Gasteiger partial charge on any atom is 0.239 e. The van der Waals surface area contributed by atoms with Crippen LogP contribution in [0.5, 0.6) is 0 Å². The van der Waals surface area contributed by atoms with E-state index in [1.165, 1.54) is 0 Å². The van der Waals surface area contributed by atoms with E-state index in [0.717, 1.165) is 11.3 Å². The highest BCUT2D eigenvalue weighted by Crippen LogP contribution is 2.14. The van der Waals surface area contributed by atoms with Gasteiger partial charge in [0, 0.05) is 19.3 Å². The summed E-state index contributed by atoms with van der Waals surface area (Å²) in [6.07, 6.45) is -0.171. The Morgan fingerprint density at radius 1 is 1.17 bits per heavy atom. The molecule has 0 radical (unpaired) electrons. The van der Waals surface area contributed by atoms with Crippen LogP contribution < -0.4 is 10.6 Å². The molecule has 0 fully saturated rings. The molecular formula is C18H19N3O2. The lowest BCUT2D eigenvalue weighted by atomic mass is 10.1. The van der Waals surface area contributed by atoms with Crippen LogP contribution in [-0.4, -0.2) is 26.1 Å². The Labute approximate surface area is 135 Å². The number of hydrogen-bond acceptors (Lipinski definition) is 4. The number of benzene rings is 2. The monoisotopic (exact) mass is 309 g/mol. The van der Waals surface area contributed by atoms with E-state index in [1.807, 2.05) is 30.3 Å². The summed E-state index contributed by atoms with van der Waals surface area (Å²) in [4.78, 5) is 11.9. The average molecular weight is 309 g/mol. The molecule has 0 unspecified atom stereocenters. The Morgan fingerprint density at radius 3 is 2.48 bits per heavy atom. The van der Waals surface area contributed by atoms with Crippen molar-refractivity contribution in [1.82, 2.24) is 5.32 Å². The van der Waals surface area contributed by atoms with Crippen molar-refractivity contribution in [3.8, 4) is 6.07 Å². The van der Waals surface area contributed by atoms with Gasteiger partial charge in [-0.25, -0.2) is 0 Å². The van der Waals surface area contributed by atoms with Crippen molar-refractivity contribution in [3.05, 3.63) is 65.7 Å². The topological polar surface area (TPSA) is 74.2 Å². The van der Waals surface area contributed by atoms with Crippen LogP contribution in [0.2, 0.25) is 0 Å². The predicted molar refractivity (Wildman–Crippen MR) is 88.8 cm³/mol. The number of nitrogens with zero attached hydrogens (tertiary/aromatic N) is 1. The van der Waals surface area contributed by atoms with Crippen LogP contribution in [0.4, 0.5) is 5.69 Å². The maximum absolute atomic E-state index is 11.9. The zero-order valence-electron chi connectivity index (χ0n) is 13.0. The van der Waals surface area contributed by atoms with E-state index in [0.29, 0.717) is 12.1 Å². The van der Waals surface area contributed by atoms with Crippen molar-refractivity contribution in [1.29, 1.82) is 5.26 Å². The van der Waals surface area contributed by atoms with Gasteiger partial charge in [0.2, 0.25) is 5.91 Å². The number of carbonyl (C=O) groups is 1. The molecule has 2 N–H and O–H groups in total. The van der Waals surface area contributed by atoms with Gasteiger partial charge in [-0.3, -0.25) is 4.79 Å². The van der Waals surface area contributed by atoms with Gasteiger partial charge in [0.25, 0.3) is 0 Å². The first kappa shape index (κ1) is 16.5. The van der Waals surface area contributed by atoms with Crippen molar-refractivity contribution in [2.75, 3.05) is 25.5 Å². The highest BCUT2D eigenvalue weighted by atomic mass is 16.5. The Morgan fingerprint density at radius 2 is 1.87 bits per heavy atom. The number of carbonyl (C=O) groups excluding carboxylic acids is 1. The second kappa shape index (κ2) is 8.57. The molecule has 0 bridgehead atoms. The highest BCUT2D eigenvalue weighted by Gasteiger charge is 2.11. The first-order valence-electron chi connectivity index (χ1n) is 7.31. The van der Waals surface area contributed by atoms with Gasteiger partial charge in [0.1, 0.15) is 0 Å². The fourth-order valence-corrected chi connectivity index (χ4v) is 2.12. The fourth-order valence-electron chi connectivity index (χ4n) is 2.12. The molecule has 0 saturated carbocycles. The second-order valence-electron chi connectivity index (χ2n) is 4.98. The minimum Gasteiger partial charge on any atom is -0.376 e. The highest BCUT2D eigenvalue weighted by molar-refractivity contribution is 5.80. The fraction of sp³-hybridized carbons (Fsp3) is 0.222. The third kappa shape index (κ3) is 5.13. The van der Waals surface area contributed by atoms with Crippen molar-refractivity contribution in [3.63, 3.8) is 0 Å². The van der Waals surface area contributed by atoms with Crippen LogP contribution in [0, 0.1) is 11.3 Å². The normalized spacial score (nSPS) is 11.3. The smallest absolute Gasteiger partial charge is 0.239 e. The van der Waals surface area contributed by atoms with Crippen LogP contribution in [-0.2, 0) is 9.53 Å². The number of hydrogen-bond donors (Lipinski definition) is 2. The molecule has 0 aliphatic carbocycles. The Balaban J connectivity index is 1.79. The molecule has 0 saturated heterocycles. The van der Waals surface area contributed by atoms with E-state index in [9.17, 15) is 4.79 Å². The summed E-state index contributed by atoms with van der Waals surface area (Å²) in [6.45, 7) is 0.575. The van der Waals surface area contributed by atoms with E-state index >= 15 is 0 Å². The third-order valence-corrected chi connectivity index (χ3v) is 3.41. The van der Waals surface area contributed by atoms with Gasteiger partial charge in [-0.05, 0) is 29.8 Å². The molecule has 1 atom stereocenters. The number of anilines is 1. The molecule has 5 heteroatoms. The predicted octanol–water partition coefficient (Wildman–Crippen LogP) is 2.47. The minimum atomic E-state index is -0.171. The number of rotatable bonds is 7. The number of methoxy groups -OCH3 is 1. The zero-order chi connectivity index (χ0) is 16.5. The molecule has 0 spiro atoms. The summed E-state index contributed by atoms with van der Waals surface area (Å²) >= 11 is 0. The number of nitriles is 1. The van der Waals surface area contributed by atoms with Crippen molar-refractivity contribution < 1.29 is 9.53 Å². The first-order chi connectivity index (χ1) is 11.2. The Bertz CT molecular complexity index is 663. The molecule has 2 aromatic carbocycles. The van der Waals surface area contributed by atoms with Gasteiger partial charge in [-0.2, -0.15) is 5.26 Å². The molecule has 5 nitrogen and oxygen atoms in total. The van der Waals surface area contributed by atoms with Crippen LogP contribution in [0.25, 0.3) is 0 Å². The van der Waals surface area contributed by atoms with Crippen molar-refractivity contribution in [2.45, 2.75) is 6.10 Å². The Hall–Kier alpha value is -2.84. The SMILES string of the molecule is CO[C@H](CNC(=O)CNc1ccc(C#N)cc1)c1ccccc1. The molecule has 118 valence electrons. The number of nitrogens with one attached hydrogen (secondary N) is 2. The summed E-state index contributed by atoms with van der Waals surface area (Å²) in [5, 5.41) is 14.6. The third-order valence-electron chi connectivity index (χ3n) is 3.41. The number of ether oxygens (including phenoxy) is 1. The largest absolute Gasteiger partial charge is 0.376 e. The molecule has 0 heterocycles. The minimum absolute atomic E-state index is 0.118. The first-order valence-corrected chi connectivity index (χ1v) is 7.31. The average Bonchev–Trinajstić information content (AvgIpc) is 2.62. The molecule has 0 aliphatic heterocycles. The molecule has 2 rings (SSSR count). The second-order valence-corrected chi connectivity index (χ2v) is 4.98. The lowest BCUT2D eigenvalue weighted by Gasteiger charge is -2.16. The number of amides is 1. The summed E-state index contributed by atoms with van der Waals surface area (Å²) < 4.78 is 5.41. The van der Waals surface area contributed by atoms with Gasteiger partial charge in [0.05, 0.1) is 24.3 Å². The van der Waals surface area contributed by atoms with Crippen LogP contribution in [0.3, 0.4) is 0 Å². The van der Waals surface area contributed by atoms with Crippen LogP contribution in [0.15, 0.2) is 54.6 Å². The van der Waals surface area contributed by atoms with E-state index in [2.05, 4.69) is 16.7 Å². The van der Waals surface area contributed by atoms with Crippen LogP contribution >= 0.6 is 0 Å². The molecule has 2 aromatic rings. The summed E-state index contributed by atoms with van der Waals surface area (Å²) in [5.74, 6) is -0.118. The zero-order valence-corrected chi connectivity index (χ0v) is 13.0. The summed E-state index contributed by atoms with van der Waals surface area (Å²) in [5.41, 5.74) is 2.41. The van der Waals surface area contributed by atoms with Crippen molar-refractivity contribution >= 4 is 11.6 Å². The van der Waals surface area contributed by atoms with Gasteiger partial charge in [-0.1, -0.05) is 30.3 Å². The standard InChI is InChI=1S/C18H19N3O2/c1-23-17(15-5-3-2-4-6-15)12-21-18(22)13-20-16-9-7-14(11-19)8-10-16/h2-10,17,20H,12-13H2,1H3,(H,21,22)/t17-/m1/s1. The summed E-state index contributed by atoms with van der Waals surface area (Å²) in [7, 11) is 1.62. The van der Waals surface area contributed by atoms with Gasteiger partial charge >= 0.3 is 0 Å². The summed E-state index contributed by atoms with van der Waals surface area (Å²) in [6, 6.07) is 18.8. The lowest BCUT2D eigenvalue weighted by molar-refractivity contribution is -0.120. The quantitative estimate of drug-likeness (QED) is 0.824. The lowest BCUT2D eigenvalue weighted by Crippen LogP contribution is -2.33. The molecular weight excluding hydrogens is 290 g/mol. The molecule has 0 aromatic heterocycles. The van der Waals surface area contributed by atoms with E-state index < -0.39 is 0 Å². The van der Waals surface area contributed by atoms with E-state index in [-0.39, 0.29) is 18.6 Å². The van der Waals surface area contributed by atoms with Crippen molar-refractivity contribution in [2.24, 2.45) is 0 Å². The van der Waals surface area contributed by atoms with E-state index in [4.69, 9.17) is 10.00 Å². The van der Waals surface area contributed by atoms with Gasteiger partial charge in [0.15, 0.2) is 0 Å². The van der Waals surface area contributed by atoms with Crippen LogP contribution in [0.1, 0.15) is 17.2 Å². The molecule has 0 aliphatic rings. The molecule has 23 heavy (non-hydrogen) atoms. The Kier molecular flexibility index (Phi) is 6.16. The van der Waals surface area contributed by atoms with Gasteiger partial charge in [-0.15, -0.1) is 0 Å². The maximum atomic E-state index is 11.9. The van der Waals surface area contributed by atoms with E-state index in [1.54, 1.807) is 31.4 Å².